The standard InChI is InChI=1S/C22H27N5.CO2/c1-4-20-17(3)24-22(25-20)18-7-10-21(23-15-18)27-13-11-26(12-14-27)19-8-5-16(2)6-9-19;2-1-3/h5-10,15H,4,11-14H2,1-3H3,(H,24,25);. The maximum atomic E-state index is 8.12. The van der Waals surface area contributed by atoms with Crippen molar-refractivity contribution in [2.45, 2.75) is 27.2 Å². The Labute approximate surface area is 176 Å². The predicted molar refractivity (Wildman–Crippen MR) is 117 cm³/mol. The molecule has 156 valence electrons. The van der Waals surface area contributed by atoms with Gasteiger partial charge in [0.2, 0.25) is 0 Å². The van der Waals surface area contributed by atoms with Crippen molar-refractivity contribution < 1.29 is 9.59 Å². The summed E-state index contributed by atoms with van der Waals surface area (Å²) in [6.07, 6.45) is 3.12. The zero-order valence-electron chi connectivity index (χ0n) is 17.7. The number of rotatable bonds is 4. The van der Waals surface area contributed by atoms with Crippen LogP contribution >= 0.6 is 0 Å². The van der Waals surface area contributed by atoms with Crippen molar-refractivity contribution in [3.63, 3.8) is 0 Å². The molecule has 1 aliphatic heterocycles. The van der Waals surface area contributed by atoms with Gasteiger partial charge < -0.3 is 14.8 Å². The van der Waals surface area contributed by atoms with Gasteiger partial charge in [-0.15, -0.1) is 0 Å². The SMILES string of the molecule is CCc1nc(-c2ccc(N3CCN(c4ccc(C)cc4)CC3)nc2)[nH]c1C.O=C=O. The maximum absolute atomic E-state index is 8.12. The molecule has 0 amide bonds. The van der Waals surface area contributed by atoms with Crippen molar-refractivity contribution in [2.24, 2.45) is 0 Å². The van der Waals surface area contributed by atoms with E-state index in [0.717, 1.165) is 61.2 Å². The number of anilines is 2. The van der Waals surface area contributed by atoms with Gasteiger partial charge in [-0.25, -0.2) is 9.97 Å². The van der Waals surface area contributed by atoms with E-state index >= 15 is 0 Å². The Morgan fingerprint density at radius 2 is 1.60 bits per heavy atom. The Morgan fingerprint density at radius 3 is 2.13 bits per heavy atom. The Kier molecular flexibility index (Phi) is 6.99. The number of aromatic nitrogens is 3. The number of H-pyrrole nitrogens is 1. The smallest absolute Gasteiger partial charge is 0.368 e. The molecule has 0 bridgehead atoms. The molecule has 1 saturated heterocycles. The fourth-order valence-electron chi connectivity index (χ4n) is 3.64. The van der Waals surface area contributed by atoms with Gasteiger partial charge in [0.1, 0.15) is 11.6 Å². The van der Waals surface area contributed by atoms with Gasteiger partial charge in [-0.05, 0) is 44.5 Å². The molecule has 7 heteroatoms. The number of carbonyl (C=O) groups excluding carboxylic acids is 2. The Balaban J connectivity index is 0.000000806. The first-order valence-electron chi connectivity index (χ1n) is 10.1. The van der Waals surface area contributed by atoms with Gasteiger partial charge in [-0.2, -0.15) is 9.59 Å². The molecule has 0 radical (unpaired) electrons. The Bertz CT molecular complexity index is 981. The minimum Gasteiger partial charge on any atom is -0.368 e. The summed E-state index contributed by atoms with van der Waals surface area (Å²) in [5.41, 5.74) is 5.92. The van der Waals surface area contributed by atoms with E-state index in [1.54, 1.807) is 0 Å². The van der Waals surface area contributed by atoms with E-state index in [1.165, 1.54) is 11.3 Å². The van der Waals surface area contributed by atoms with Gasteiger partial charge in [0.15, 0.2) is 0 Å². The zero-order chi connectivity index (χ0) is 21.5. The van der Waals surface area contributed by atoms with Crippen molar-refractivity contribution in [3.8, 4) is 11.4 Å². The van der Waals surface area contributed by atoms with Crippen LogP contribution in [0.5, 0.6) is 0 Å². The molecular weight excluding hydrogens is 378 g/mol. The summed E-state index contributed by atoms with van der Waals surface area (Å²) in [7, 11) is 0. The topological polar surface area (TPSA) is 82.2 Å². The molecule has 2 aromatic heterocycles. The summed E-state index contributed by atoms with van der Waals surface area (Å²) in [5, 5.41) is 0. The fourth-order valence-corrected chi connectivity index (χ4v) is 3.64. The van der Waals surface area contributed by atoms with Crippen LogP contribution in [-0.4, -0.2) is 47.3 Å². The van der Waals surface area contributed by atoms with Crippen LogP contribution in [0.1, 0.15) is 23.9 Å². The third kappa shape index (κ3) is 4.93. The van der Waals surface area contributed by atoms with E-state index < -0.39 is 0 Å². The lowest BCUT2D eigenvalue weighted by molar-refractivity contribution is -0.191. The summed E-state index contributed by atoms with van der Waals surface area (Å²) >= 11 is 0. The molecule has 4 rings (SSSR count). The molecule has 30 heavy (non-hydrogen) atoms. The highest BCUT2D eigenvalue weighted by atomic mass is 16.2. The number of pyridine rings is 1. The maximum Gasteiger partial charge on any atom is 0.373 e. The summed E-state index contributed by atoms with van der Waals surface area (Å²) in [6.45, 7) is 10.3. The molecule has 0 spiro atoms. The second-order valence-corrected chi connectivity index (χ2v) is 7.31. The molecule has 3 aromatic rings. The van der Waals surface area contributed by atoms with Crippen LogP contribution in [0.4, 0.5) is 11.5 Å². The Morgan fingerprint density at radius 1 is 0.967 bits per heavy atom. The van der Waals surface area contributed by atoms with E-state index in [4.69, 9.17) is 14.6 Å². The van der Waals surface area contributed by atoms with Crippen molar-refractivity contribution in [3.05, 3.63) is 59.5 Å². The lowest BCUT2D eigenvalue weighted by Gasteiger charge is -2.36. The van der Waals surface area contributed by atoms with E-state index in [1.807, 2.05) is 6.20 Å². The van der Waals surface area contributed by atoms with Crippen LogP contribution in [0.25, 0.3) is 11.4 Å². The molecule has 0 aliphatic carbocycles. The summed E-state index contributed by atoms with van der Waals surface area (Å²) in [5.74, 6) is 1.95. The highest BCUT2D eigenvalue weighted by Crippen LogP contribution is 2.23. The predicted octanol–water partition coefficient (Wildman–Crippen LogP) is 3.39. The molecule has 0 saturated carbocycles. The number of hydrogen-bond donors (Lipinski definition) is 1. The van der Waals surface area contributed by atoms with Crippen LogP contribution in [0, 0.1) is 13.8 Å². The first-order valence-corrected chi connectivity index (χ1v) is 10.1. The van der Waals surface area contributed by atoms with Crippen LogP contribution in [0.15, 0.2) is 42.6 Å². The second kappa shape index (κ2) is 9.85. The van der Waals surface area contributed by atoms with Gasteiger partial charge in [0.25, 0.3) is 0 Å². The molecule has 3 heterocycles. The first kappa shape index (κ1) is 21.3. The molecule has 0 atom stereocenters. The number of aromatic amines is 1. The third-order valence-electron chi connectivity index (χ3n) is 5.34. The van der Waals surface area contributed by atoms with Crippen molar-refractivity contribution in [2.75, 3.05) is 36.0 Å². The van der Waals surface area contributed by atoms with Crippen molar-refractivity contribution >= 4 is 17.7 Å². The minimum atomic E-state index is 0.250. The van der Waals surface area contributed by atoms with Gasteiger partial charge in [0, 0.05) is 49.3 Å². The quantitative estimate of drug-likeness (QED) is 0.716. The van der Waals surface area contributed by atoms with Crippen LogP contribution < -0.4 is 9.80 Å². The highest BCUT2D eigenvalue weighted by Gasteiger charge is 2.18. The first-order chi connectivity index (χ1) is 14.5. The second-order valence-electron chi connectivity index (χ2n) is 7.31. The molecule has 0 unspecified atom stereocenters. The number of hydrogen-bond acceptors (Lipinski definition) is 6. The van der Waals surface area contributed by atoms with E-state index in [9.17, 15) is 0 Å². The number of piperazine rings is 1. The molecule has 1 N–H and O–H groups in total. The van der Waals surface area contributed by atoms with Gasteiger partial charge in [-0.3, -0.25) is 0 Å². The average molecular weight is 406 g/mol. The number of nitrogens with zero attached hydrogens (tertiary/aromatic N) is 4. The average Bonchev–Trinajstić information content (AvgIpc) is 3.16. The minimum absolute atomic E-state index is 0.250. The summed E-state index contributed by atoms with van der Waals surface area (Å²) < 4.78 is 0. The number of benzene rings is 1. The van der Waals surface area contributed by atoms with Crippen LogP contribution in [0.2, 0.25) is 0 Å². The summed E-state index contributed by atoms with van der Waals surface area (Å²) in [4.78, 5) is 33.8. The van der Waals surface area contributed by atoms with Crippen LogP contribution in [-0.2, 0) is 16.0 Å². The van der Waals surface area contributed by atoms with E-state index in [-0.39, 0.29) is 6.15 Å². The van der Waals surface area contributed by atoms with Gasteiger partial charge in [0.05, 0.1) is 5.69 Å². The normalized spacial score (nSPS) is 13.4. The molecule has 1 fully saturated rings. The lowest BCUT2D eigenvalue weighted by Crippen LogP contribution is -2.46. The molecule has 1 aromatic carbocycles. The third-order valence-corrected chi connectivity index (χ3v) is 5.34. The molecular formula is C23H27N5O2. The van der Waals surface area contributed by atoms with Gasteiger partial charge >= 0.3 is 6.15 Å². The van der Waals surface area contributed by atoms with Crippen LogP contribution in [0.3, 0.4) is 0 Å². The molecule has 7 nitrogen and oxygen atoms in total. The van der Waals surface area contributed by atoms with E-state index in [0.29, 0.717) is 0 Å². The monoisotopic (exact) mass is 405 g/mol. The Hall–Kier alpha value is -3.44. The number of imidazole rings is 1. The largest absolute Gasteiger partial charge is 0.373 e. The van der Waals surface area contributed by atoms with Crippen molar-refractivity contribution in [1.82, 2.24) is 15.0 Å². The zero-order valence-corrected chi connectivity index (χ0v) is 17.7. The van der Waals surface area contributed by atoms with E-state index in [2.05, 4.69) is 76.9 Å². The van der Waals surface area contributed by atoms with Crippen molar-refractivity contribution in [1.29, 1.82) is 0 Å². The fraction of sp³-hybridized carbons (Fsp3) is 0.348. The number of nitrogens with one attached hydrogen (secondary N) is 1. The summed E-state index contributed by atoms with van der Waals surface area (Å²) in [6, 6.07) is 13.0. The number of aryl methyl sites for hydroxylation is 3. The molecule has 1 aliphatic rings. The lowest BCUT2D eigenvalue weighted by atomic mass is 10.2. The van der Waals surface area contributed by atoms with Gasteiger partial charge in [-0.1, -0.05) is 24.6 Å². The highest BCUT2D eigenvalue weighted by molar-refractivity contribution is 5.58.